The molecule has 0 unspecified atom stereocenters. The second kappa shape index (κ2) is 4.98. The number of phenolic OH excluding ortho intramolecular Hbond substituents is 1. The summed E-state index contributed by atoms with van der Waals surface area (Å²) in [5, 5.41) is 12.4. The Morgan fingerprint density at radius 2 is 2.00 bits per heavy atom. The van der Waals surface area contributed by atoms with Gasteiger partial charge >= 0.3 is 0 Å². The molecule has 0 amide bonds. The van der Waals surface area contributed by atoms with Crippen molar-refractivity contribution >= 4 is 27.2 Å². The highest BCUT2D eigenvalue weighted by Crippen LogP contribution is 2.31. The first-order valence-electron chi connectivity index (χ1n) is 6.08. The van der Waals surface area contributed by atoms with Gasteiger partial charge in [-0.15, -0.1) is 11.3 Å². The summed E-state index contributed by atoms with van der Waals surface area (Å²) in [6.07, 6.45) is 0. The van der Waals surface area contributed by atoms with E-state index in [0.29, 0.717) is 16.9 Å². The molecule has 0 saturated heterocycles. The van der Waals surface area contributed by atoms with Crippen LogP contribution in [0, 0.1) is 0 Å². The molecule has 100 valence electrons. The predicted octanol–water partition coefficient (Wildman–Crippen LogP) is 3.85. The van der Waals surface area contributed by atoms with Crippen molar-refractivity contribution in [2.75, 3.05) is 7.11 Å². The van der Waals surface area contributed by atoms with Crippen LogP contribution in [0.2, 0.25) is 0 Å². The topological polar surface area (TPSA) is 46.5 Å². The van der Waals surface area contributed by atoms with Crippen LogP contribution in [0.15, 0.2) is 47.8 Å². The van der Waals surface area contributed by atoms with Crippen molar-refractivity contribution in [3.63, 3.8) is 0 Å². The first kappa shape index (κ1) is 12.7. The molecule has 3 rings (SSSR count). The van der Waals surface area contributed by atoms with Crippen LogP contribution in [0.25, 0.3) is 10.1 Å². The molecular formula is C16H12O3S. The Labute approximate surface area is 120 Å². The van der Waals surface area contributed by atoms with E-state index in [1.165, 1.54) is 13.2 Å². The lowest BCUT2D eigenvalue weighted by Gasteiger charge is -2.05. The molecule has 0 fully saturated rings. The van der Waals surface area contributed by atoms with Crippen LogP contribution in [-0.4, -0.2) is 18.0 Å². The fraction of sp³-hybridized carbons (Fsp3) is 0.0625. The van der Waals surface area contributed by atoms with Gasteiger partial charge in [-0.1, -0.05) is 18.2 Å². The molecule has 0 radical (unpaired) electrons. The minimum absolute atomic E-state index is 0.0271. The lowest BCUT2D eigenvalue weighted by atomic mass is 10.0. The number of rotatable bonds is 3. The lowest BCUT2D eigenvalue weighted by Crippen LogP contribution is -2.00. The van der Waals surface area contributed by atoms with Gasteiger partial charge in [-0.25, -0.2) is 0 Å². The van der Waals surface area contributed by atoms with Crippen LogP contribution in [0.5, 0.6) is 11.5 Å². The number of fused-ring (bicyclic) bond motifs is 1. The van der Waals surface area contributed by atoms with Gasteiger partial charge in [0, 0.05) is 26.6 Å². The smallest absolute Gasteiger partial charge is 0.194 e. The maximum Gasteiger partial charge on any atom is 0.194 e. The number of hydrogen-bond donors (Lipinski definition) is 1. The highest BCUT2D eigenvalue weighted by molar-refractivity contribution is 7.17. The maximum absolute atomic E-state index is 12.6. The molecule has 0 aliphatic carbocycles. The molecule has 0 spiro atoms. The van der Waals surface area contributed by atoms with Crippen LogP contribution in [-0.2, 0) is 0 Å². The summed E-state index contributed by atoms with van der Waals surface area (Å²) in [6, 6.07) is 12.4. The molecule has 0 bridgehead atoms. The lowest BCUT2D eigenvalue weighted by molar-refractivity contribution is 0.104. The SMILES string of the molecule is COc1cc(C(=O)c2csc3ccccc23)ccc1O. The standard InChI is InChI=1S/C16H12O3S/c1-19-14-8-10(6-7-13(14)17)16(18)12-9-20-15-5-3-2-4-11(12)15/h2-9,17H,1H3. The van der Waals surface area contributed by atoms with Gasteiger partial charge in [-0.05, 0) is 24.3 Å². The third-order valence-corrected chi connectivity index (χ3v) is 4.13. The van der Waals surface area contributed by atoms with Crippen molar-refractivity contribution in [2.45, 2.75) is 0 Å². The van der Waals surface area contributed by atoms with E-state index in [4.69, 9.17) is 4.74 Å². The average molecular weight is 284 g/mol. The molecule has 0 aliphatic rings. The highest BCUT2D eigenvalue weighted by atomic mass is 32.1. The molecule has 2 aromatic carbocycles. The highest BCUT2D eigenvalue weighted by Gasteiger charge is 2.15. The third kappa shape index (κ3) is 2.04. The van der Waals surface area contributed by atoms with Gasteiger partial charge in [-0.2, -0.15) is 0 Å². The number of carbonyl (C=O) groups is 1. The van der Waals surface area contributed by atoms with E-state index < -0.39 is 0 Å². The van der Waals surface area contributed by atoms with Gasteiger partial charge in [0.1, 0.15) is 0 Å². The van der Waals surface area contributed by atoms with Gasteiger partial charge in [0.05, 0.1) is 7.11 Å². The number of aromatic hydroxyl groups is 1. The number of carbonyl (C=O) groups excluding carboxylic acids is 1. The zero-order valence-electron chi connectivity index (χ0n) is 10.8. The fourth-order valence-electron chi connectivity index (χ4n) is 2.13. The van der Waals surface area contributed by atoms with Gasteiger partial charge in [-0.3, -0.25) is 4.79 Å². The van der Waals surface area contributed by atoms with Crippen LogP contribution in [0.3, 0.4) is 0 Å². The Balaban J connectivity index is 2.08. The van der Waals surface area contributed by atoms with Crippen molar-refractivity contribution in [3.8, 4) is 11.5 Å². The van der Waals surface area contributed by atoms with E-state index >= 15 is 0 Å². The summed E-state index contributed by atoms with van der Waals surface area (Å²) in [5.74, 6) is 0.260. The van der Waals surface area contributed by atoms with Crippen LogP contribution < -0.4 is 4.74 Å². The molecular weight excluding hydrogens is 272 g/mol. The molecule has 1 heterocycles. The van der Waals surface area contributed by atoms with Gasteiger partial charge in [0.25, 0.3) is 0 Å². The summed E-state index contributed by atoms with van der Waals surface area (Å²) in [6.45, 7) is 0. The van der Waals surface area contributed by atoms with E-state index in [1.807, 2.05) is 29.6 Å². The first-order chi connectivity index (χ1) is 9.70. The molecule has 0 saturated carbocycles. The van der Waals surface area contributed by atoms with Crippen molar-refractivity contribution in [3.05, 3.63) is 59.0 Å². The summed E-state index contributed by atoms with van der Waals surface area (Å²) in [5.41, 5.74) is 1.18. The average Bonchev–Trinajstić information content (AvgIpc) is 2.91. The second-order valence-electron chi connectivity index (χ2n) is 4.36. The molecule has 3 nitrogen and oxygen atoms in total. The van der Waals surface area contributed by atoms with E-state index in [2.05, 4.69) is 0 Å². The van der Waals surface area contributed by atoms with Gasteiger partial charge in [0.15, 0.2) is 17.3 Å². The van der Waals surface area contributed by atoms with Crippen LogP contribution in [0.4, 0.5) is 0 Å². The zero-order chi connectivity index (χ0) is 14.1. The molecule has 3 aromatic rings. The quantitative estimate of drug-likeness (QED) is 0.743. The van der Waals surface area contributed by atoms with Crippen LogP contribution in [0.1, 0.15) is 15.9 Å². The van der Waals surface area contributed by atoms with Crippen molar-refractivity contribution in [1.82, 2.24) is 0 Å². The number of thiophene rings is 1. The number of hydrogen-bond acceptors (Lipinski definition) is 4. The Hall–Kier alpha value is -2.33. The van der Waals surface area contributed by atoms with Gasteiger partial charge < -0.3 is 9.84 Å². The fourth-order valence-corrected chi connectivity index (χ4v) is 3.07. The molecule has 0 atom stereocenters. The first-order valence-corrected chi connectivity index (χ1v) is 6.96. The number of ether oxygens (including phenoxy) is 1. The van der Waals surface area contributed by atoms with Crippen LogP contribution >= 0.6 is 11.3 Å². The Morgan fingerprint density at radius 1 is 1.20 bits per heavy atom. The third-order valence-electron chi connectivity index (χ3n) is 3.17. The van der Waals surface area contributed by atoms with E-state index in [1.54, 1.807) is 23.5 Å². The molecule has 1 aromatic heterocycles. The largest absolute Gasteiger partial charge is 0.504 e. The van der Waals surface area contributed by atoms with Crippen molar-refractivity contribution in [2.24, 2.45) is 0 Å². The second-order valence-corrected chi connectivity index (χ2v) is 5.27. The van der Waals surface area contributed by atoms with Crippen molar-refractivity contribution in [1.29, 1.82) is 0 Å². The molecule has 20 heavy (non-hydrogen) atoms. The Kier molecular flexibility index (Phi) is 3.16. The summed E-state index contributed by atoms with van der Waals surface area (Å²) in [7, 11) is 1.46. The maximum atomic E-state index is 12.6. The number of phenols is 1. The monoisotopic (exact) mass is 284 g/mol. The van der Waals surface area contributed by atoms with Gasteiger partial charge in [0.2, 0.25) is 0 Å². The minimum Gasteiger partial charge on any atom is -0.504 e. The zero-order valence-corrected chi connectivity index (χ0v) is 11.6. The summed E-state index contributed by atoms with van der Waals surface area (Å²) in [4.78, 5) is 12.6. The molecule has 0 aliphatic heterocycles. The number of methoxy groups -OCH3 is 1. The minimum atomic E-state index is -0.0687. The number of benzene rings is 2. The molecule has 4 heteroatoms. The molecule has 1 N–H and O–H groups in total. The van der Waals surface area contributed by atoms with Crippen molar-refractivity contribution < 1.29 is 14.6 Å². The normalized spacial score (nSPS) is 10.7. The summed E-state index contributed by atoms with van der Waals surface area (Å²) >= 11 is 1.55. The Bertz CT molecular complexity index is 789. The van der Waals surface area contributed by atoms with E-state index in [0.717, 1.165) is 10.1 Å². The number of ketones is 1. The van der Waals surface area contributed by atoms with E-state index in [-0.39, 0.29) is 11.5 Å². The predicted molar refractivity (Wildman–Crippen MR) is 79.9 cm³/mol. The van der Waals surface area contributed by atoms with E-state index in [9.17, 15) is 9.90 Å². The summed E-state index contributed by atoms with van der Waals surface area (Å²) < 4.78 is 6.13. The Morgan fingerprint density at radius 3 is 2.80 bits per heavy atom.